The van der Waals surface area contributed by atoms with Crippen molar-refractivity contribution in [3.8, 4) is 0 Å². The van der Waals surface area contributed by atoms with Crippen LogP contribution in [0, 0.1) is 0 Å². The fourth-order valence-electron chi connectivity index (χ4n) is 1.60. The van der Waals surface area contributed by atoms with Gasteiger partial charge in [0.2, 0.25) is 0 Å². The van der Waals surface area contributed by atoms with Crippen molar-refractivity contribution < 1.29 is 0 Å². The maximum Gasteiger partial charge on any atom is 0.113 e. The van der Waals surface area contributed by atoms with E-state index in [1.54, 1.807) is 6.20 Å². The van der Waals surface area contributed by atoms with E-state index in [-0.39, 0.29) is 11.0 Å². The molecule has 1 aliphatic carbocycles. The molecule has 0 saturated heterocycles. The molecule has 1 aromatic heterocycles. The number of nitrogens with two attached hydrogens (primary N) is 1. The van der Waals surface area contributed by atoms with Crippen LogP contribution in [-0.2, 0) is 5.41 Å². The van der Waals surface area contributed by atoms with Crippen molar-refractivity contribution in [1.82, 2.24) is 9.97 Å². The maximum atomic E-state index is 6.16. The minimum absolute atomic E-state index is 0.0174. The molecule has 12 heavy (non-hydrogen) atoms. The third-order valence-corrected chi connectivity index (χ3v) is 3.12. The molecule has 1 saturated carbocycles. The van der Waals surface area contributed by atoms with Crippen LogP contribution in [-0.4, -0.2) is 15.5 Å². The summed E-state index contributed by atoms with van der Waals surface area (Å²) in [5, 5.41) is 0. The van der Waals surface area contributed by atoms with Gasteiger partial charge < -0.3 is 10.7 Å². The van der Waals surface area contributed by atoms with Gasteiger partial charge in [0.15, 0.2) is 0 Å². The number of nitrogens with zero attached hydrogens (tertiary/aromatic N) is 1. The average molecular weight is 165 g/mol. The molecule has 1 heterocycles. The van der Waals surface area contributed by atoms with Gasteiger partial charge in [0.25, 0.3) is 0 Å². The van der Waals surface area contributed by atoms with Gasteiger partial charge in [-0.05, 0) is 12.8 Å². The Morgan fingerprint density at radius 3 is 2.67 bits per heavy atom. The van der Waals surface area contributed by atoms with Crippen LogP contribution in [0.1, 0.15) is 32.5 Å². The van der Waals surface area contributed by atoms with Crippen molar-refractivity contribution in [2.45, 2.75) is 37.6 Å². The van der Waals surface area contributed by atoms with Crippen LogP contribution in [0.3, 0.4) is 0 Å². The number of rotatable bonds is 2. The predicted octanol–water partition coefficient (Wildman–Crippen LogP) is 1.18. The lowest BCUT2D eigenvalue weighted by Crippen LogP contribution is -2.44. The van der Waals surface area contributed by atoms with Crippen LogP contribution < -0.4 is 5.73 Å². The topological polar surface area (TPSA) is 54.7 Å². The molecule has 0 radical (unpaired) electrons. The SMILES string of the molecule is CC(C)(c1ncc[nH]1)C1(N)CC1. The number of hydrogen-bond acceptors (Lipinski definition) is 2. The van der Waals surface area contributed by atoms with Gasteiger partial charge in [-0.25, -0.2) is 4.98 Å². The van der Waals surface area contributed by atoms with E-state index < -0.39 is 0 Å². The van der Waals surface area contributed by atoms with Crippen LogP contribution >= 0.6 is 0 Å². The first kappa shape index (κ1) is 7.80. The third-order valence-electron chi connectivity index (χ3n) is 3.12. The van der Waals surface area contributed by atoms with E-state index in [4.69, 9.17) is 5.73 Å². The van der Waals surface area contributed by atoms with E-state index in [9.17, 15) is 0 Å². The van der Waals surface area contributed by atoms with Gasteiger partial charge in [-0.3, -0.25) is 0 Å². The second kappa shape index (κ2) is 2.10. The van der Waals surface area contributed by atoms with E-state index in [0.717, 1.165) is 18.7 Å². The van der Waals surface area contributed by atoms with Crippen LogP contribution in [0.2, 0.25) is 0 Å². The molecule has 3 heteroatoms. The molecule has 0 aliphatic heterocycles. The molecule has 0 amide bonds. The summed E-state index contributed by atoms with van der Waals surface area (Å²) in [7, 11) is 0. The molecular formula is C9H15N3. The van der Waals surface area contributed by atoms with Crippen molar-refractivity contribution in [3.05, 3.63) is 18.2 Å². The van der Waals surface area contributed by atoms with Gasteiger partial charge in [-0.1, -0.05) is 13.8 Å². The van der Waals surface area contributed by atoms with Gasteiger partial charge >= 0.3 is 0 Å². The maximum absolute atomic E-state index is 6.16. The third kappa shape index (κ3) is 0.894. The van der Waals surface area contributed by atoms with Crippen molar-refractivity contribution in [2.75, 3.05) is 0 Å². The number of H-pyrrole nitrogens is 1. The lowest BCUT2D eigenvalue weighted by atomic mass is 9.81. The molecule has 0 bridgehead atoms. The van der Waals surface area contributed by atoms with Crippen LogP contribution in [0.5, 0.6) is 0 Å². The molecule has 66 valence electrons. The zero-order chi connectivity index (χ0) is 8.82. The monoisotopic (exact) mass is 165 g/mol. The van der Waals surface area contributed by atoms with Gasteiger partial charge in [0, 0.05) is 23.3 Å². The molecule has 1 aliphatic rings. The molecule has 1 aromatic rings. The summed E-state index contributed by atoms with van der Waals surface area (Å²) in [6, 6.07) is 0. The lowest BCUT2D eigenvalue weighted by molar-refractivity contribution is 0.372. The standard InChI is InChI=1S/C9H15N3/c1-8(2,9(10)3-4-9)7-11-5-6-12-7/h5-6H,3-4,10H2,1-2H3,(H,11,12). The summed E-state index contributed by atoms with van der Waals surface area (Å²) in [4.78, 5) is 7.39. The lowest BCUT2D eigenvalue weighted by Gasteiger charge is -2.29. The first-order valence-electron chi connectivity index (χ1n) is 4.35. The summed E-state index contributed by atoms with van der Waals surface area (Å²) in [5.74, 6) is 1.00. The van der Waals surface area contributed by atoms with Crippen molar-refractivity contribution in [2.24, 2.45) is 5.73 Å². The van der Waals surface area contributed by atoms with Gasteiger partial charge in [-0.2, -0.15) is 0 Å². The summed E-state index contributed by atoms with van der Waals surface area (Å²) in [5.41, 5.74) is 6.12. The molecule has 0 atom stereocenters. The molecule has 3 N–H and O–H groups in total. The fourth-order valence-corrected chi connectivity index (χ4v) is 1.60. The average Bonchev–Trinajstić information content (AvgIpc) is 2.59. The molecule has 3 nitrogen and oxygen atoms in total. The van der Waals surface area contributed by atoms with Gasteiger partial charge in [0.1, 0.15) is 5.82 Å². The number of aromatic amines is 1. The van der Waals surface area contributed by atoms with Crippen molar-refractivity contribution >= 4 is 0 Å². The second-order valence-corrected chi connectivity index (χ2v) is 4.22. The quantitative estimate of drug-likeness (QED) is 0.691. The number of nitrogens with one attached hydrogen (secondary N) is 1. The summed E-state index contributed by atoms with van der Waals surface area (Å²) in [6.45, 7) is 4.30. The summed E-state index contributed by atoms with van der Waals surface area (Å²) >= 11 is 0. The van der Waals surface area contributed by atoms with E-state index in [1.807, 2.05) is 6.20 Å². The Hall–Kier alpha value is -0.830. The number of imidazole rings is 1. The molecule has 0 unspecified atom stereocenters. The Morgan fingerprint density at radius 1 is 1.58 bits per heavy atom. The Bertz CT molecular complexity index is 270. The van der Waals surface area contributed by atoms with Crippen molar-refractivity contribution in [3.63, 3.8) is 0 Å². The van der Waals surface area contributed by atoms with E-state index in [0.29, 0.717) is 0 Å². The number of hydrogen-bond donors (Lipinski definition) is 2. The van der Waals surface area contributed by atoms with Crippen molar-refractivity contribution in [1.29, 1.82) is 0 Å². The molecule has 0 aromatic carbocycles. The molecule has 0 spiro atoms. The highest BCUT2D eigenvalue weighted by Crippen LogP contribution is 2.47. The highest BCUT2D eigenvalue weighted by molar-refractivity contribution is 5.22. The van der Waals surface area contributed by atoms with E-state index in [2.05, 4.69) is 23.8 Å². The Morgan fingerprint density at radius 2 is 2.25 bits per heavy atom. The highest BCUT2D eigenvalue weighted by Gasteiger charge is 2.53. The van der Waals surface area contributed by atoms with Gasteiger partial charge in [-0.15, -0.1) is 0 Å². The summed E-state index contributed by atoms with van der Waals surface area (Å²) < 4.78 is 0. The van der Waals surface area contributed by atoms with Crippen LogP contribution in [0.4, 0.5) is 0 Å². The highest BCUT2D eigenvalue weighted by atomic mass is 15.0. The number of aromatic nitrogens is 2. The van der Waals surface area contributed by atoms with Gasteiger partial charge in [0.05, 0.1) is 0 Å². The zero-order valence-corrected chi connectivity index (χ0v) is 7.59. The first-order valence-corrected chi connectivity index (χ1v) is 4.35. The van der Waals surface area contributed by atoms with E-state index in [1.165, 1.54) is 0 Å². The zero-order valence-electron chi connectivity index (χ0n) is 7.59. The minimum Gasteiger partial charge on any atom is -0.348 e. The first-order chi connectivity index (χ1) is 5.56. The fraction of sp³-hybridized carbons (Fsp3) is 0.667. The van der Waals surface area contributed by atoms with E-state index >= 15 is 0 Å². The second-order valence-electron chi connectivity index (χ2n) is 4.22. The normalized spacial score (nSPS) is 20.9. The summed E-state index contributed by atoms with van der Waals surface area (Å²) in [6.07, 6.45) is 5.85. The molecular weight excluding hydrogens is 150 g/mol. The minimum atomic E-state index is -0.0230. The predicted molar refractivity (Wildman–Crippen MR) is 47.8 cm³/mol. The Labute approximate surface area is 72.4 Å². The largest absolute Gasteiger partial charge is 0.348 e. The van der Waals surface area contributed by atoms with Crippen LogP contribution in [0.15, 0.2) is 12.4 Å². The molecule has 1 fully saturated rings. The Balaban J connectivity index is 2.33. The Kier molecular flexibility index (Phi) is 1.37. The smallest absolute Gasteiger partial charge is 0.113 e. The molecule has 2 rings (SSSR count). The van der Waals surface area contributed by atoms with Crippen LogP contribution in [0.25, 0.3) is 0 Å².